The summed E-state index contributed by atoms with van der Waals surface area (Å²) in [5.41, 5.74) is 1.07. The molecule has 1 aliphatic rings. The molecule has 2 nitrogen and oxygen atoms in total. The first-order valence-electron chi connectivity index (χ1n) is 4.36. The predicted octanol–water partition coefficient (Wildman–Crippen LogP) is 2.64. The average molecular weight is 180 g/mol. The maximum Gasteiger partial charge on any atom is 0.121 e. The van der Waals surface area contributed by atoms with Crippen molar-refractivity contribution in [2.45, 2.75) is 13.3 Å². The van der Waals surface area contributed by atoms with E-state index in [1.807, 2.05) is 13.0 Å². The number of rotatable bonds is 3. The lowest BCUT2D eigenvalue weighted by atomic mass is 9.93. The summed E-state index contributed by atoms with van der Waals surface area (Å²) in [7, 11) is 3.37. The molecule has 1 rings (SSSR count). The fourth-order valence-corrected chi connectivity index (χ4v) is 1.64. The van der Waals surface area contributed by atoms with Gasteiger partial charge in [-0.05, 0) is 19.4 Å². The lowest BCUT2D eigenvalue weighted by Gasteiger charge is -2.23. The number of hydrogen-bond donors (Lipinski definition) is 0. The molecule has 0 amide bonds. The second kappa shape index (κ2) is 4.17. The van der Waals surface area contributed by atoms with Crippen LogP contribution in [0.3, 0.4) is 0 Å². The molecule has 0 spiro atoms. The fraction of sp³-hybridized carbons (Fsp3) is 0.455. The maximum absolute atomic E-state index is 5.33. The van der Waals surface area contributed by atoms with Crippen molar-refractivity contribution in [2.24, 2.45) is 5.92 Å². The van der Waals surface area contributed by atoms with E-state index in [-0.39, 0.29) is 0 Å². The summed E-state index contributed by atoms with van der Waals surface area (Å²) in [6.45, 7) is 5.79. The van der Waals surface area contributed by atoms with Gasteiger partial charge in [-0.3, -0.25) is 0 Å². The zero-order valence-electron chi connectivity index (χ0n) is 8.46. The van der Waals surface area contributed by atoms with Gasteiger partial charge < -0.3 is 9.47 Å². The summed E-state index contributed by atoms with van der Waals surface area (Å²) < 4.78 is 10.5. The smallest absolute Gasteiger partial charge is 0.121 e. The second-order valence-corrected chi connectivity index (χ2v) is 3.04. The number of ether oxygens (including phenoxy) is 2. The van der Waals surface area contributed by atoms with Crippen LogP contribution in [0.15, 0.2) is 35.8 Å². The Labute approximate surface area is 79.5 Å². The summed E-state index contributed by atoms with van der Waals surface area (Å²) in [6, 6.07) is 0. The van der Waals surface area contributed by atoms with E-state index in [0.717, 1.165) is 23.5 Å². The summed E-state index contributed by atoms with van der Waals surface area (Å²) in [5, 5.41) is 0. The Morgan fingerprint density at radius 3 is 2.62 bits per heavy atom. The molecule has 1 atom stereocenters. The number of hydrogen-bond acceptors (Lipinski definition) is 2. The molecule has 0 aromatic rings. The monoisotopic (exact) mass is 180 g/mol. The Bertz CT molecular complexity index is 261. The molecule has 0 aromatic carbocycles. The standard InChI is InChI=1S/C11H16O2/c1-5-9-6-7-10(12-3)8(2)11(9)13-4/h5,7,9H,1,6H2,2-4H3. The van der Waals surface area contributed by atoms with Gasteiger partial charge in [-0.1, -0.05) is 6.08 Å². The molecule has 0 radical (unpaired) electrons. The normalized spacial score (nSPS) is 22.4. The molecule has 0 saturated carbocycles. The minimum Gasteiger partial charge on any atom is -0.500 e. The van der Waals surface area contributed by atoms with Crippen LogP contribution in [0, 0.1) is 5.92 Å². The highest BCUT2D eigenvalue weighted by atomic mass is 16.5. The highest BCUT2D eigenvalue weighted by Gasteiger charge is 2.20. The summed E-state index contributed by atoms with van der Waals surface area (Å²) in [6.07, 6.45) is 4.89. The van der Waals surface area contributed by atoms with Gasteiger partial charge in [-0.2, -0.15) is 0 Å². The van der Waals surface area contributed by atoms with Crippen molar-refractivity contribution in [2.75, 3.05) is 14.2 Å². The lowest BCUT2D eigenvalue weighted by Crippen LogP contribution is -2.11. The molecule has 0 saturated heterocycles. The van der Waals surface area contributed by atoms with Crippen LogP contribution in [0.1, 0.15) is 13.3 Å². The van der Waals surface area contributed by atoms with Crippen LogP contribution in [0.5, 0.6) is 0 Å². The molecule has 0 aromatic heterocycles. The molecule has 1 unspecified atom stereocenters. The third-order valence-electron chi connectivity index (χ3n) is 2.36. The van der Waals surface area contributed by atoms with Crippen molar-refractivity contribution in [3.63, 3.8) is 0 Å². The molecule has 0 heterocycles. The molecule has 0 aliphatic heterocycles. The van der Waals surface area contributed by atoms with E-state index in [1.54, 1.807) is 14.2 Å². The summed E-state index contributed by atoms with van der Waals surface area (Å²) in [4.78, 5) is 0. The Morgan fingerprint density at radius 2 is 2.15 bits per heavy atom. The van der Waals surface area contributed by atoms with Gasteiger partial charge in [0.15, 0.2) is 0 Å². The van der Waals surface area contributed by atoms with E-state index in [1.165, 1.54) is 0 Å². The molecule has 2 heteroatoms. The van der Waals surface area contributed by atoms with Gasteiger partial charge in [0.05, 0.1) is 14.2 Å². The Hall–Kier alpha value is -1.18. The third kappa shape index (κ3) is 1.77. The van der Waals surface area contributed by atoms with E-state index in [9.17, 15) is 0 Å². The van der Waals surface area contributed by atoms with E-state index in [4.69, 9.17) is 9.47 Å². The van der Waals surface area contributed by atoms with Crippen molar-refractivity contribution < 1.29 is 9.47 Å². The van der Waals surface area contributed by atoms with Crippen molar-refractivity contribution >= 4 is 0 Å². The van der Waals surface area contributed by atoms with Crippen LogP contribution in [-0.2, 0) is 9.47 Å². The van der Waals surface area contributed by atoms with E-state index >= 15 is 0 Å². The lowest BCUT2D eigenvalue weighted by molar-refractivity contribution is 0.232. The Balaban J connectivity index is 2.99. The zero-order chi connectivity index (χ0) is 9.84. The van der Waals surface area contributed by atoms with E-state index < -0.39 is 0 Å². The first kappa shape index (κ1) is 9.90. The summed E-state index contributed by atoms with van der Waals surface area (Å²) >= 11 is 0. The molecular weight excluding hydrogens is 164 g/mol. The van der Waals surface area contributed by atoms with Gasteiger partial charge in [-0.25, -0.2) is 0 Å². The SMILES string of the molecule is C=CC1CC=C(OC)C(C)=C1OC. The van der Waals surface area contributed by atoms with Gasteiger partial charge >= 0.3 is 0 Å². The molecule has 0 bridgehead atoms. The van der Waals surface area contributed by atoms with Gasteiger partial charge in [0.1, 0.15) is 11.5 Å². The molecule has 1 aliphatic carbocycles. The highest BCUT2D eigenvalue weighted by molar-refractivity contribution is 5.33. The van der Waals surface area contributed by atoms with E-state index in [0.29, 0.717) is 5.92 Å². The first-order chi connectivity index (χ1) is 6.24. The van der Waals surface area contributed by atoms with Crippen LogP contribution in [0.25, 0.3) is 0 Å². The van der Waals surface area contributed by atoms with Crippen LogP contribution < -0.4 is 0 Å². The van der Waals surface area contributed by atoms with Crippen molar-refractivity contribution in [1.29, 1.82) is 0 Å². The minimum absolute atomic E-state index is 0.295. The quantitative estimate of drug-likeness (QED) is 0.621. The van der Waals surface area contributed by atoms with Crippen LogP contribution in [0.2, 0.25) is 0 Å². The van der Waals surface area contributed by atoms with Gasteiger partial charge in [0.25, 0.3) is 0 Å². The molecule has 0 N–H and O–H groups in total. The number of allylic oxidation sites excluding steroid dienone is 3. The topological polar surface area (TPSA) is 18.5 Å². The second-order valence-electron chi connectivity index (χ2n) is 3.04. The summed E-state index contributed by atoms with van der Waals surface area (Å²) in [5.74, 6) is 2.17. The Kier molecular flexibility index (Phi) is 3.18. The maximum atomic E-state index is 5.33. The van der Waals surface area contributed by atoms with Crippen molar-refractivity contribution in [1.82, 2.24) is 0 Å². The molecule has 0 fully saturated rings. The van der Waals surface area contributed by atoms with Crippen LogP contribution in [0.4, 0.5) is 0 Å². The third-order valence-corrected chi connectivity index (χ3v) is 2.36. The molecule has 13 heavy (non-hydrogen) atoms. The Morgan fingerprint density at radius 1 is 1.46 bits per heavy atom. The molecule has 72 valence electrons. The van der Waals surface area contributed by atoms with Crippen molar-refractivity contribution in [3.05, 3.63) is 35.8 Å². The first-order valence-corrected chi connectivity index (χ1v) is 4.36. The highest BCUT2D eigenvalue weighted by Crippen LogP contribution is 2.30. The fourth-order valence-electron chi connectivity index (χ4n) is 1.64. The van der Waals surface area contributed by atoms with Gasteiger partial charge in [0.2, 0.25) is 0 Å². The molecular formula is C11H16O2. The largest absolute Gasteiger partial charge is 0.500 e. The van der Waals surface area contributed by atoms with Crippen LogP contribution in [-0.4, -0.2) is 14.2 Å². The predicted molar refractivity (Wildman–Crippen MR) is 53.1 cm³/mol. The van der Waals surface area contributed by atoms with Gasteiger partial charge in [0, 0.05) is 11.5 Å². The van der Waals surface area contributed by atoms with Crippen molar-refractivity contribution in [3.8, 4) is 0 Å². The van der Waals surface area contributed by atoms with E-state index in [2.05, 4.69) is 12.7 Å². The average Bonchev–Trinajstić information content (AvgIpc) is 2.17. The van der Waals surface area contributed by atoms with Gasteiger partial charge in [-0.15, -0.1) is 6.58 Å². The minimum atomic E-state index is 0.295. The number of methoxy groups -OCH3 is 2. The zero-order valence-corrected chi connectivity index (χ0v) is 8.46. The van der Waals surface area contributed by atoms with Crippen LogP contribution >= 0.6 is 0 Å².